The van der Waals surface area contributed by atoms with Gasteiger partial charge in [0, 0.05) is 29.9 Å². The maximum Gasteiger partial charge on any atom is 1.00 e. The standard InChI is InChI=1S/C35H36N2O4S.Li.H/c1-24-9-7-8-12-30(24)32-21-27(13-18-31(32)34(39)36-33(35(40)41)19-20-42-3)23-37(22-26-10-5-4-6-11-26)29-16-14-28(15-17-29)25(2)38;;/h4-18,21,33H,19-20,22-23H2,1-3H3,(H,36,39)(H,40,41);;/q;+1;-1. The van der Waals surface area contributed by atoms with Crippen molar-refractivity contribution in [2.75, 3.05) is 16.9 Å². The molecule has 2 N–H and O–H groups in total. The van der Waals surface area contributed by atoms with Gasteiger partial charge in [-0.15, -0.1) is 0 Å². The number of aliphatic carboxylic acids is 1. The maximum absolute atomic E-state index is 13.5. The van der Waals surface area contributed by atoms with E-state index in [4.69, 9.17) is 0 Å². The fourth-order valence-electron chi connectivity index (χ4n) is 4.88. The van der Waals surface area contributed by atoms with Gasteiger partial charge in [-0.25, -0.2) is 4.79 Å². The number of ketones is 1. The number of rotatable bonds is 13. The Morgan fingerprint density at radius 3 is 2.14 bits per heavy atom. The molecule has 0 heterocycles. The minimum absolute atomic E-state index is 0. The monoisotopic (exact) mass is 588 g/mol. The van der Waals surface area contributed by atoms with Gasteiger partial charge in [0.2, 0.25) is 0 Å². The number of carbonyl (C=O) groups excluding carboxylic acids is 2. The molecule has 0 aliphatic heterocycles. The smallest absolute Gasteiger partial charge is 1.00 e. The Labute approximate surface area is 271 Å². The summed E-state index contributed by atoms with van der Waals surface area (Å²) in [4.78, 5) is 39.4. The number of nitrogens with one attached hydrogen (secondary N) is 1. The van der Waals surface area contributed by atoms with E-state index in [2.05, 4.69) is 22.3 Å². The van der Waals surface area contributed by atoms with Crippen LogP contribution in [0, 0.1) is 6.92 Å². The van der Waals surface area contributed by atoms with Crippen LogP contribution in [0.5, 0.6) is 0 Å². The quantitative estimate of drug-likeness (QED) is 0.181. The van der Waals surface area contributed by atoms with Gasteiger partial charge in [-0.3, -0.25) is 9.59 Å². The minimum atomic E-state index is -1.04. The molecule has 4 aromatic rings. The van der Waals surface area contributed by atoms with E-state index in [-0.39, 0.29) is 26.1 Å². The van der Waals surface area contributed by atoms with Crippen LogP contribution in [0.3, 0.4) is 0 Å². The van der Waals surface area contributed by atoms with E-state index in [1.807, 2.05) is 92.0 Å². The second kappa shape index (κ2) is 16.2. The largest absolute Gasteiger partial charge is 1.00 e. The first kappa shape index (κ1) is 33.7. The number of anilines is 1. The van der Waals surface area contributed by atoms with E-state index in [1.165, 1.54) is 0 Å². The summed E-state index contributed by atoms with van der Waals surface area (Å²) in [5.41, 5.74) is 6.89. The number of carbonyl (C=O) groups is 3. The molecule has 0 radical (unpaired) electrons. The number of hydrogen-bond donors (Lipinski definition) is 2. The first-order valence-electron chi connectivity index (χ1n) is 13.9. The number of amides is 1. The molecule has 6 nitrogen and oxygen atoms in total. The Balaban J connectivity index is 0.00000337. The molecule has 0 aromatic heterocycles. The van der Waals surface area contributed by atoms with Gasteiger partial charge in [-0.1, -0.05) is 60.7 Å². The Bertz CT molecular complexity index is 1550. The maximum atomic E-state index is 13.5. The Hall–Kier alpha value is -3.76. The van der Waals surface area contributed by atoms with Crippen molar-refractivity contribution in [2.45, 2.75) is 39.4 Å². The zero-order valence-corrected chi connectivity index (χ0v) is 26.0. The number of nitrogens with zero attached hydrogens (tertiary/aromatic N) is 1. The number of thioether (sulfide) groups is 1. The van der Waals surface area contributed by atoms with E-state index >= 15 is 0 Å². The fraction of sp³-hybridized carbons (Fsp3) is 0.229. The van der Waals surface area contributed by atoms with Gasteiger partial charge in [0.1, 0.15) is 6.04 Å². The first-order chi connectivity index (χ1) is 20.3. The van der Waals surface area contributed by atoms with Gasteiger partial charge in [0.25, 0.3) is 5.91 Å². The predicted molar refractivity (Wildman–Crippen MR) is 172 cm³/mol. The SMILES string of the molecule is CSCCC(NC(=O)c1ccc(CN(Cc2ccccc2)c2ccc(C(C)=O)cc2)cc1-c1ccccc1C)C(=O)O.[H-].[Li+]. The summed E-state index contributed by atoms with van der Waals surface area (Å²) in [5.74, 6) is -0.801. The average molecular weight is 589 g/mol. The summed E-state index contributed by atoms with van der Waals surface area (Å²) >= 11 is 1.54. The predicted octanol–water partition coefficient (Wildman–Crippen LogP) is 4.12. The molecule has 0 fully saturated rings. The van der Waals surface area contributed by atoms with Crippen molar-refractivity contribution in [2.24, 2.45) is 0 Å². The van der Waals surface area contributed by atoms with Crippen molar-refractivity contribution in [3.63, 3.8) is 0 Å². The topological polar surface area (TPSA) is 86.7 Å². The Morgan fingerprint density at radius 1 is 0.860 bits per heavy atom. The summed E-state index contributed by atoms with van der Waals surface area (Å²) in [5, 5.41) is 12.4. The fourth-order valence-corrected chi connectivity index (χ4v) is 5.36. The second-order valence-electron chi connectivity index (χ2n) is 10.3. The molecular formula is C35H37LiN2O4S. The molecule has 8 heteroatoms. The van der Waals surface area contributed by atoms with Crippen LogP contribution in [0.25, 0.3) is 11.1 Å². The molecule has 43 heavy (non-hydrogen) atoms. The third-order valence-corrected chi connectivity index (χ3v) is 7.85. The van der Waals surface area contributed by atoms with Gasteiger partial charge in [-0.05, 0) is 96.5 Å². The number of benzene rings is 4. The molecule has 4 aromatic carbocycles. The summed E-state index contributed by atoms with van der Waals surface area (Å²) in [6.07, 6.45) is 2.26. The van der Waals surface area contributed by atoms with E-state index in [0.29, 0.717) is 36.4 Å². The Morgan fingerprint density at radius 2 is 1.51 bits per heavy atom. The summed E-state index contributed by atoms with van der Waals surface area (Å²) in [6, 6.07) is 30.5. The van der Waals surface area contributed by atoms with Gasteiger partial charge >= 0.3 is 24.8 Å². The normalized spacial score (nSPS) is 11.2. The van der Waals surface area contributed by atoms with E-state index < -0.39 is 17.9 Å². The van der Waals surface area contributed by atoms with Crippen molar-refractivity contribution < 1.29 is 39.8 Å². The van der Waals surface area contributed by atoms with Crippen molar-refractivity contribution >= 4 is 35.1 Å². The minimum Gasteiger partial charge on any atom is -1.00 e. The van der Waals surface area contributed by atoms with Crippen LogP contribution in [0.4, 0.5) is 5.69 Å². The number of aryl methyl sites for hydroxylation is 1. The van der Waals surface area contributed by atoms with E-state index in [0.717, 1.165) is 33.5 Å². The summed E-state index contributed by atoms with van der Waals surface area (Å²) in [6.45, 7) is 4.77. The van der Waals surface area contributed by atoms with Gasteiger partial charge in [-0.2, -0.15) is 11.8 Å². The molecule has 4 rings (SSSR count). The number of hydrogen-bond acceptors (Lipinski definition) is 5. The van der Waals surface area contributed by atoms with Crippen LogP contribution in [0.15, 0.2) is 97.1 Å². The zero-order valence-electron chi connectivity index (χ0n) is 26.2. The van der Waals surface area contributed by atoms with Crippen LogP contribution < -0.4 is 29.1 Å². The molecular weight excluding hydrogens is 551 g/mol. The van der Waals surface area contributed by atoms with E-state index in [9.17, 15) is 19.5 Å². The number of carboxylic acid groups (broad SMARTS) is 1. The number of Topliss-reactive ketones (excluding diaryl/α,β-unsaturated/α-hetero) is 1. The molecule has 218 valence electrons. The van der Waals surface area contributed by atoms with Crippen LogP contribution in [-0.4, -0.2) is 40.8 Å². The molecule has 0 aliphatic rings. The van der Waals surface area contributed by atoms with Crippen molar-refractivity contribution in [1.82, 2.24) is 5.32 Å². The molecule has 0 spiro atoms. The van der Waals surface area contributed by atoms with Gasteiger partial charge < -0.3 is 16.7 Å². The van der Waals surface area contributed by atoms with Crippen LogP contribution >= 0.6 is 11.8 Å². The molecule has 0 saturated heterocycles. The molecule has 1 unspecified atom stereocenters. The van der Waals surface area contributed by atoms with Gasteiger partial charge in [0.15, 0.2) is 5.78 Å². The molecule has 1 atom stereocenters. The van der Waals surface area contributed by atoms with Crippen molar-refractivity contribution in [3.05, 3.63) is 125 Å². The van der Waals surface area contributed by atoms with Gasteiger partial charge in [0.05, 0.1) is 0 Å². The molecule has 0 aliphatic carbocycles. The van der Waals surface area contributed by atoms with E-state index in [1.54, 1.807) is 24.8 Å². The number of carboxylic acids is 1. The van der Waals surface area contributed by atoms with Crippen molar-refractivity contribution in [1.29, 1.82) is 0 Å². The first-order valence-corrected chi connectivity index (χ1v) is 15.3. The third kappa shape index (κ3) is 9.11. The second-order valence-corrected chi connectivity index (χ2v) is 11.3. The third-order valence-electron chi connectivity index (χ3n) is 7.21. The zero-order chi connectivity index (χ0) is 30.1. The molecule has 0 saturated carbocycles. The van der Waals surface area contributed by atoms with Crippen LogP contribution in [0.2, 0.25) is 0 Å². The van der Waals surface area contributed by atoms with Crippen LogP contribution in [-0.2, 0) is 17.9 Å². The van der Waals surface area contributed by atoms with Crippen LogP contribution in [0.1, 0.15) is 52.2 Å². The summed E-state index contributed by atoms with van der Waals surface area (Å²) in [7, 11) is 0. The average Bonchev–Trinajstić information content (AvgIpc) is 2.99. The van der Waals surface area contributed by atoms with Crippen molar-refractivity contribution in [3.8, 4) is 11.1 Å². The Kier molecular flexibility index (Phi) is 12.7. The molecule has 1 amide bonds. The molecule has 0 bridgehead atoms. The summed E-state index contributed by atoms with van der Waals surface area (Å²) < 4.78 is 0.